The van der Waals surface area contributed by atoms with E-state index in [-0.39, 0.29) is 43.3 Å². The molecule has 0 aliphatic carbocycles. The molecular formula is C26H23LiN4O7. The average Bonchev–Trinajstić information content (AvgIpc) is 2.92. The number of carbonyl (C=O) groups excluding carboxylic acids is 1. The number of methoxy groups -OCH3 is 1. The number of esters is 1. The average molecular weight is 510 g/mol. The summed E-state index contributed by atoms with van der Waals surface area (Å²) in [7, 11) is 1.36. The number of ether oxygens (including phenoxy) is 3. The molecule has 0 amide bonds. The van der Waals surface area contributed by atoms with E-state index in [1.165, 1.54) is 19.8 Å². The molecule has 38 heavy (non-hydrogen) atoms. The maximum Gasteiger partial charge on any atom is 1.00 e. The minimum absolute atomic E-state index is 0. The quantitative estimate of drug-likeness (QED) is 0.302. The molecule has 0 radical (unpaired) electrons. The summed E-state index contributed by atoms with van der Waals surface area (Å²) in [5.41, 5.74) is 5.84. The fourth-order valence-electron chi connectivity index (χ4n) is 3.83. The largest absolute Gasteiger partial charge is 1.00 e. The second-order valence-electron chi connectivity index (χ2n) is 7.59. The van der Waals surface area contributed by atoms with Crippen LogP contribution in [0.3, 0.4) is 0 Å². The molecule has 0 saturated carbocycles. The summed E-state index contributed by atoms with van der Waals surface area (Å²) in [6.07, 6.45) is 6.17. The van der Waals surface area contributed by atoms with E-state index in [1.807, 2.05) is 6.07 Å². The Labute approximate surface area is 230 Å². The first kappa shape index (κ1) is 29.9. The Hall–Kier alpha value is -4.30. The standard InChI is InChI=1S/C13H10N2O3.C12H8N2O3.CH4.Li.H2O/c1-17-13(16)8-2-3-10-9(4-8)6-18-11-5-14-7-15-12(10)11;15-12(16)7-1-2-9-8(3-7)5-17-10-4-13-6-14-11(9)10;;;/h2-5,7H,6H2,1H3;1-4,6H,5H2,(H,15,16);1H4;;1H2/q;;;+1;/p-1. The number of carbonyl (C=O) groups is 2. The van der Waals surface area contributed by atoms with Crippen molar-refractivity contribution in [3.8, 4) is 34.0 Å². The summed E-state index contributed by atoms with van der Waals surface area (Å²) >= 11 is 0. The van der Waals surface area contributed by atoms with Crippen molar-refractivity contribution >= 4 is 11.9 Å². The summed E-state index contributed by atoms with van der Waals surface area (Å²) in [5.74, 6) is -0.00791. The van der Waals surface area contributed by atoms with Gasteiger partial charge in [0.1, 0.15) is 37.3 Å². The van der Waals surface area contributed by atoms with Crippen LogP contribution in [0.1, 0.15) is 39.3 Å². The SMILES string of the molecule is C.COC(=O)c1ccc2c(c1)COc1cncnc1-2.O=C(O)c1ccc2c(c1)COc1cncnc1-2.[Li+].[OH-]. The van der Waals surface area contributed by atoms with Crippen LogP contribution < -0.4 is 28.3 Å². The number of benzene rings is 2. The van der Waals surface area contributed by atoms with E-state index in [4.69, 9.17) is 19.3 Å². The Morgan fingerprint density at radius 2 is 1.32 bits per heavy atom. The van der Waals surface area contributed by atoms with Crippen LogP contribution in [0.15, 0.2) is 61.4 Å². The van der Waals surface area contributed by atoms with Crippen molar-refractivity contribution in [1.82, 2.24) is 19.9 Å². The zero-order chi connectivity index (χ0) is 24.4. The van der Waals surface area contributed by atoms with Crippen molar-refractivity contribution in [1.29, 1.82) is 0 Å². The number of aromatic carboxylic acids is 1. The first-order valence-electron chi connectivity index (χ1n) is 10.5. The molecule has 0 atom stereocenters. The third kappa shape index (κ3) is 5.81. The van der Waals surface area contributed by atoms with E-state index in [0.29, 0.717) is 36.0 Å². The van der Waals surface area contributed by atoms with Crippen LogP contribution in [0.2, 0.25) is 0 Å². The van der Waals surface area contributed by atoms with Crippen molar-refractivity contribution in [2.45, 2.75) is 20.6 Å². The van der Waals surface area contributed by atoms with Gasteiger partial charge in [0.25, 0.3) is 0 Å². The van der Waals surface area contributed by atoms with Gasteiger partial charge < -0.3 is 24.8 Å². The monoisotopic (exact) mass is 510 g/mol. The van der Waals surface area contributed by atoms with Gasteiger partial charge in [-0.05, 0) is 35.4 Å². The molecule has 2 N–H and O–H groups in total. The van der Waals surface area contributed by atoms with E-state index in [1.54, 1.807) is 42.7 Å². The molecule has 0 bridgehead atoms. The molecule has 6 rings (SSSR count). The molecule has 2 aromatic carbocycles. The van der Waals surface area contributed by atoms with Crippen LogP contribution in [0, 0.1) is 0 Å². The molecule has 0 unspecified atom stereocenters. The van der Waals surface area contributed by atoms with Crippen LogP contribution in [0.4, 0.5) is 0 Å². The molecule has 12 heteroatoms. The van der Waals surface area contributed by atoms with Gasteiger partial charge in [-0.1, -0.05) is 19.6 Å². The zero-order valence-electron chi connectivity index (χ0n) is 19.9. The molecule has 4 heterocycles. The van der Waals surface area contributed by atoms with E-state index < -0.39 is 5.97 Å². The predicted octanol–water partition coefficient (Wildman–Crippen LogP) is 1.02. The normalized spacial score (nSPS) is 11.2. The van der Waals surface area contributed by atoms with Crippen LogP contribution in [0.25, 0.3) is 22.5 Å². The van der Waals surface area contributed by atoms with Crippen LogP contribution in [0.5, 0.6) is 11.5 Å². The Kier molecular flexibility index (Phi) is 10.1. The second kappa shape index (κ2) is 12.8. The van der Waals surface area contributed by atoms with Gasteiger partial charge in [0, 0.05) is 11.1 Å². The molecule has 0 spiro atoms. The van der Waals surface area contributed by atoms with E-state index in [0.717, 1.165) is 27.9 Å². The molecule has 2 aliphatic rings. The minimum Gasteiger partial charge on any atom is -0.870 e. The minimum atomic E-state index is -0.943. The fraction of sp³-hybridized carbons (Fsp3) is 0.154. The van der Waals surface area contributed by atoms with Crippen molar-refractivity contribution in [3.63, 3.8) is 0 Å². The number of rotatable bonds is 2. The number of aromatic nitrogens is 4. The first-order valence-corrected chi connectivity index (χ1v) is 10.5. The topological polar surface area (TPSA) is 164 Å². The van der Waals surface area contributed by atoms with Gasteiger partial charge >= 0.3 is 30.8 Å². The number of hydrogen-bond donors (Lipinski definition) is 1. The van der Waals surface area contributed by atoms with Gasteiger partial charge in [-0.15, -0.1) is 0 Å². The Morgan fingerprint density at radius 1 is 0.842 bits per heavy atom. The van der Waals surface area contributed by atoms with Gasteiger partial charge in [0.2, 0.25) is 0 Å². The van der Waals surface area contributed by atoms with E-state index >= 15 is 0 Å². The van der Waals surface area contributed by atoms with Crippen molar-refractivity contribution < 1.29 is 53.2 Å². The Morgan fingerprint density at radius 3 is 1.79 bits per heavy atom. The molecule has 11 nitrogen and oxygen atoms in total. The molecule has 2 aliphatic heterocycles. The molecule has 4 aromatic rings. The van der Waals surface area contributed by atoms with Crippen LogP contribution >= 0.6 is 0 Å². The summed E-state index contributed by atoms with van der Waals surface area (Å²) in [5, 5.41) is 8.92. The molecular weight excluding hydrogens is 487 g/mol. The first-order chi connectivity index (χ1) is 17.0. The molecule has 190 valence electrons. The zero-order valence-corrected chi connectivity index (χ0v) is 19.9. The van der Waals surface area contributed by atoms with E-state index in [2.05, 4.69) is 19.9 Å². The number of carboxylic acid groups (broad SMARTS) is 1. The van der Waals surface area contributed by atoms with Crippen molar-refractivity contribution in [3.05, 3.63) is 83.7 Å². The summed E-state index contributed by atoms with van der Waals surface area (Å²) in [6.45, 7) is 0.747. The number of nitrogens with zero attached hydrogens (tertiary/aromatic N) is 4. The molecule has 2 aromatic heterocycles. The number of fused-ring (bicyclic) bond motifs is 6. The molecule has 0 saturated heterocycles. The van der Waals surface area contributed by atoms with Gasteiger partial charge in [-0.2, -0.15) is 0 Å². The third-order valence-corrected chi connectivity index (χ3v) is 5.51. The predicted molar refractivity (Wildman–Crippen MR) is 131 cm³/mol. The van der Waals surface area contributed by atoms with Crippen LogP contribution in [-0.2, 0) is 18.0 Å². The van der Waals surface area contributed by atoms with Gasteiger partial charge in [0.15, 0.2) is 11.5 Å². The maximum absolute atomic E-state index is 11.5. The second-order valence-corrected chi connectivity index (χ2v) is 7.59. The summed E-state index contributed by atoms with van der Waals surface area (Å²) < 4.78 is 15.7. The Balaban J connectivity index is 0.000000248. The van der Waals surface area contributed by atoms with Gasteiger partial charge in [-0.25, -0.2) is 29.5 Å². The molecule has 0 fully saturated rings. The van der Waals surface area contributed by atoms with Crippen molar-refractivity contribution in [2.24, 2.45) is 0 Å². The third-order valence-electron chi connectivity index (χ3n) is 5.51. The van der Waals surface area contributed by atoms with Gasteiger partial charge in [0.05, 0.1) is 30.6 Å². The van der Waals surface area contributed by atoms with E-state index in [9.17, 15) is 9.59 Å². The van der Waals surface area contributed by atoms with Crippen molar-refractivity contribution in [2.75, 3.05) is 7.11 Å². The summed E-state index contributed by atoms with van der Waals surface area (Å²) in [6, 6.07) is 10.3. The Bertz CT molecular complexity index is 1470. The number of carboxylic acids is 1. The fourth-order valence-corrected chi connectivity index (χ4v) is 3.83. The number of hydrogen-bond acceptors (Lipinski definition) is 10. The smallest absolute Gasteiger partial charge is 0.870 e. The summed E-state index contributed by atoms with van der Waals surface area (Å²) in [4.78, 5) is 38.5. The van der Waals surface area contributed by atoms with Gasteiger partial charge in [-0.3, -0.25) is 0 Å². The maximum atomic E-state index is 11.5. The van der Waals surface area contributed by atoms with Crippen LogP contribution in [-0.4, -0.2) is 49.6 Å².